The fourth-order valence-corrected chi connectivity index (χ4v) is 3.31. The van der Waals surface area contributed by atoms with Crippen LogP contribution in [-0.4, -0.2) is 27.4 Å². The van der Waals surface area contributed by atoms with Gasteiger partial charge in [0.05, 0.1) is 12.2 Å². The van der Waals surface area contributed by atoms with E-state index >= 15 is 0 Å². The quantitative estimate of drug-likeness (QED) is 0.696. The van der Waals surface area contributed by atoms with Gasteiger partial charge in [0.1, 0.15) is 11.4 Å². The third kappa shape index (κ3) is 4.28. The molecule has 2 atom stereocenters. The van der Waals surface area contributed by atoms with Gasteiger partial charge in [-0.15, -0.1) is 0 Å². The topological polar surface area (TPSA) is 59.0 Å². The van der Waals surface area contributed by atoms with Crippen LogP contribution in [0.1, 0.15) is 55.2 Å². The summed E-state index contributed by atoms with van der Waals surface area (Å²) in [6.07, 6.45) is -3.50. The van der Waals surface area contributed by atoms with Gasteiger partial charge in [-0.05, 0) is 38.5 Å². The summed E-state index contributed by atoms with van der Waals surface area (Å²) in [5, 5.41) is 9.71. The molecule has 0 fully saturated rings. The number of hydrogen-bond acceptors (Lipinski definition) is 3. The number of aromatic nitrogens is 2. The lowest BCUT2D eigenvalue weighted by atomic mass is 9.96. The Balaban J connectivity index is 2.01. The molecule has 1 aliphatic heterocycles. The molecule has 0 unspecified atom stereocenters. The van der Waals surface area contributed by atoms with Crippen LogP contribution in [0, 0.1) is 0 Å². The molecule has 0 radical (unpaired) electrons. The lowest BCUT2D eigenvalue weighted by Gasteiger charge is -2.34. The molecule has 2 aromatic rings. The number of fused-ring (bicyclic) bond motifs is 1. The third-order valence-electron chi connectivity index (χ3n) is 4.24. The smallest absolute Gasteiger partial charge is 0.363 e. The number of nitrogens with one attached hydrogen (secondary N) is 2. The molecule has 27 heavy (non-hydrogen) atoms. The summed E-state index contributed by atoms with van der Waals surface area (Å²) >= 11 is 3.32. The minimum atomic E-state index is -4.48. The van der Waals surface area contributed by atoms with Gasteiger partial charge in [-0.2, -0.15) is 18.3 Å². The summed E-state index contributed by atoms with van der Waals surface area (Å²) < 4.78 is 42.7. The molecule has 5 nitrogen and oxygen atoms in total. The standard InChI is InChI=1S/C18H20BrF3N4O/c1-17(2,3)25-16(27)12-9-23-26-14(18(20,21)22)8-13(24-15(12)26)10-4-6-11(19)7-5-10/h4-7,9,13-14,24H,8H2,1-3H3,(H,25,27)/t13-,14+/m1/s1. The van der Waals surface area contributed by atoms with E-state index in [-0.39, 0.29) is 17.8 Å². The minimum Gasteiger partial charge on any atom is -0.363 e. The van der Waals surface area contributed by atoms with Crippen molar-refractivity contribution in [2.45, 2.75) is 51.0 Å². The van der Waals surface area contributed by atoms with Crippen LogP contribution in [-0.2, 0) is 0 Å². The maximum atomic E-state index is 13.7. The van der Waals surface area contributed by atoms with E-state index in [4.69, 9.17) is 0 Å². The molecule has 1 aromatic carbocycles. The first kappa shape index (κ1) is 19.7. The van der Waals surface area contributed by atoms with Crippen LogP contribution in [0.3, 0.4) is 0 Å². The molecule has 1 aromatic heterocycles. The van der Waals surface area contributed by atoms with Crippen LogP contribution >= 0.6 is 15.9 Å². The Labute approximate surface area is 163 Å². The van der Waals surface area contributed by atoms with E-state index in [2.05, 4.69) is 31.7 Å². The molecule has 9 heteroatoms. The second-order valence-electron chi connectivity index (χ2n) is 7.60. The molecular formula is C18H20BrF3N4O. The van der Waals surface area contributed by atoms with Crippen molar-refractivity contribution in [3.05, 3.63) is 46.1 Å². The summed E-state index contributed by atoms with van der Waals surface area (Å²) in [7, 11) is 0. The van der Waals surface area contributed by atoms with E-state index in [1.165, 1.54) is 6.20 Å². The Bertz CT molecular complexity index is 840. The summed E-state index contributed by atoms with van der Waals surface area (Å²) in [5.41, 5.74) is 0.290. The van der Waals surface area contributed by atoms with Crippen LogP contribution in [0.2, 0.25) is 0 Å². The van der Waals surface area contributed by atoms with Gasteiger partial charge in [0.15, 0.2) is 6.04 Å². The number of rotatable bonds is 2. The number of carbonyl (C=O) groups is 1. The predicted molar refractivity (Wildman–Crippen MR) is 99.7 cm³/mol. The van der Waals surface area contributed by atoms with Gasteiger partial charge in [0, 0.05) is 16.4 Å². The highest BCUT2D eigenvalue weighted by Gasteiger charge is 2.47. The zero-order valence-electron chi connectivity index (χ0n) is 15.1. The number of halogens is 4. The number of alkyl halides is 3. The van der Waals surface area contributed by atoms with E-state index in [0.29, 0.717) is 5.56 Å². The predicted octanol–water partition coefficient (Wildman–Crippen LogP) is 4.83. The van der Waals surface area contributed by atoms with Crippen molar-refractivity contribution >= 4 is 27.7 Å². The number of hydrogen-bond donors (Lipinski definition) is 2. The van der Waals surface area contributed by atoms with Crippen LogP contribution in [0.25, 0.3) is 0 Å². The van der Waals surface area contributed by atoms with Crippen molar-refractivity contribution in [3.8, 4) is 0 Å². The Hall–Kier alpha value is -2.03. The van der Waals surface area contributed by atoms with Crippen molar-refractivity contribution in [1.29, 1.82) is 0 Å². The summed E-state index contributed by atoms with van der Waals surface area (Å²) in [6.45, 7) is 5.41. The highest BCUT2D eigenvalue weighted by molar-refractivity contribution is 9.10. The third-order valence-corrected chi connectivity index (χ3v) is 4.77. The van der Waals surface area contributed by atoms with Crippen molar-refractivity contribution < 1.29 is 18.0 Å². The fraction of sp³-hybridized carbons (Fsp3) is 0.444. The molecular weight excluding hydrogens is 425 g/mol. The molecule has 146 valence electrons. The van der Waals surface area contributed by atoms with E-state index in [1.54, 1.807) is 45.0 Å². The number of anilines is 1. The van der Waals surface area contributed by atoms with E-state index in [0.717, 1.165) is 9.15 Å². The minimum absolute atomic E-state index is 0.0817. The number of amides is 1. The van der Waals surface area contributed by atoms with E-state index in [9.17, 15) is 18.0 Å². The zero-order chi connectivity index (χ0) is 20.0. The molecule has 3 rings (SSSR count). The first-order chi connectivity index (χ1) is 12.5. The lowest BCUT2D eigenvalue weighted by Crippen LogP contribution is -2.41. The van der Waals surface area contributed by atoms with Gasteiger partial charge in [-0.1, -0.05) is 28.1 Å². The Morgan fingerprint density at radius 1 is 1.26 bits per heavy atom. The van der Waals surface area contributed by atoms with Crippen molar-refractivity contribution in [3.63, 3.8) is 0 Å². The molecule has 0 saturated heterocycles. The first-order valence-corrected chi connectivity index (χ1v) is 9.24. The maximum Gasteiger partial charge on any atom is 0.410 e. The monoisotopic (exact) mass is 444 g/mol. The Morgan fingerprint density at radius 2 is 1.89 bits per heavy atom. The second kappa shape index (κ2) is 6.85. The van der Waals surface area contributed by atoms with Crippen molar-refractivity contribution in [1.82, 2.24) is 15.1 Å². The van der Waals surface area contributed by atoms with Gasteiger partial charge in [0.25, 0.3) is 5.91 Å². The molecule has 0 spiro atoms. The fourth-order valence-electron chi connectivity index (χ4n) is 3.05. The van der Waals surface area contributed by atoms with Gasteiger partial charge < -0.3 is 10.6 Å². The summed E-state index contributed by atoms with van der Waals surface area (Å²) in [4.78, 5) is 12.5. The second-order valence-corrected chi connectivity index (χ2v) is 8.51. The van der Waals surface area contributed by atoms with Crippen LogP contribution in [0.15, 0.2) is 34.9 Å². The molecule has 1 aliphatic rings. The molecule has 0 aliphatic carbocycles. The van der Waals surface area contributed by atoms with E-state index in [1.807, 2.05) is 0 Å². The van der Waals surface area contributed by atoms with Crippen LogP contribution in [0.5, 0.6) is 0 Å². The first-order valence-electron chi connectivity index (χ1n) is 8.44. The molecule has 2 N–H and O–H groups in total. The lowest BCUT2D eigenvalue weighted by molar-refractivity contribution is -0.173. The van der Waals surface area contributed by atoms with Crippen LogP contribution in [0.4, 0.5) is 19.0 Å². The van der Waals surface area contributed by atoms with Crippen molar-refractivity contribution in [2.75, 3.05) is 5.32 Å². The van der Waals surface area contributed by atoms with E-state index < -0.39 is 29.7 Å². The zero-order valence-corrected chi connectivity index (χ0v) is 16.6. The van der Waals surface area contributed by atoms with Gasteiger partial charge >= 0.3 is 6.18 Å². The highest BCUT2D eigenvalue weighted by atomic mass is 79.9. The van der Waals surface area contributed by atoms with Gasteiger partial charge in [0.2, 0.25) is 0 Å². The average Bonchev–Trinajstić information content (AvgIpc) is 2.96. The largest absolute Gasteiger partial charge is 0.410 e. The SMILES string of the molecule is CC(C)(C)NC(=O)c1cnn2c1N[C@@H](c1ccc(Br)cc1)C[C@H]2C(F)(F)F. The number of nitrogens with zero attached hydrogens (tertiary/aromatic N) is 2. The number of benzene rings is 1. The van der Waals surface area contributed by atoms with Crippen molar-refractivity contribution in [2.24, 2.45) is 0 Å². The highest BCUT2D eigenvalue weighted by Crippen LogP contribution is 2.44. The summed E-state index contributed by atoms with van der Waals surface area (Å²) in [6, 6.07) is 4.68. The molecule has 2 heterocycles. The average molecular weight is 445 g/mol. The Kier molecular flexibility index (Phi) is 5.00. The molecule has 0 saturated carbocycles. The maximum absolute atomic E-state index is 13.7. The molecule has 1 amide bonds. The Morgan fingerprint density at radius 3 is 2.44 bits per heavy atom. The van der Waals surface area contributed by atoms with Gasteiger partial charge in [-0.3, -0.25) is 4.79 Å². The summed E-state index contributed by atoms with van der Waals surface area (Å²) in [5.74, 6) is -0.383. The number of carbonyl (C=O) groups excluding carboxylic acids is 1. The normalized spacial score (nSPS) is 20.0. The molecule has 0 bridgehead atoms. The van der Waals surface area contributed by atoms with Crippen LogP contribution < -0.4 is 10.6 Å². The van der Waals surface area contributed by atoms with Gasteiger partial charge in [-0.25, -0.2) is 4.68 Å².